The quantitative estimate of drug-likeness (QED) is 0.0898. The Morgan fingerprint density at radius 3 is 1.43 bits per heavy atom. The number of aliphatic hydroxyl groups excluding tert-OH is 4. The summed E-state index contributed by atoms with van der Waals surface area (Å²) in [4.78, 5) is 45.8. The molecule has 2 aromatic carbocycles. The highest BCUT2D eigenvalue weighted by molar-refractivity contribution is 5.88. The van der Waals surface area contributed by atoms with Crippen molar-refractivity contribution in [3.8, 4) is 17.2 Å². The van der Waals surface area contributed by atoms with Gasteiger partial charge in [0, 0.05) is 37.8 Å². The van der Waals surface area contributed by atoms with Gasteiger partial charge < -0.3 is 65.6 Å². The molecule has 0 bridgehead atoms. The zero-order valence-corrected chi connectivity index (χ0v) is 25.5. The fourth-order valence-corrected chi connectivity index (χ4v) is 5.01. The van der Waals surface area contributed by atoms with Crippen LogP contribution in [-0.4, -0.2) is 128 Å². The molecule has 2 saturated carbocycles. The third kappa shape index (κ3) is 10.2. The number of hydrogen-bond acceptors (Lipinski definition) is 15. The lowest BCUT2D eigenvalue weighted by molar-refractivity contribution is -0.196. The lowest BCUT2D eigenvalue weighted by Crippen LogP contribution is -2.57. The minimum absolute atomic E-state index is 0.0713. The maximum absolute atomic E-state index is 11.8. The molecule has 0 saturated heterocycles. The van der Waals surface area contributed by atoms with Crippen molar-refractivity contribution >= 4 is 36.0 Å². The number of aliphatic hydroxyl groups is 6. The number of carbonyl (C=O) groups is 4. The molecule has 2 aliphatic rings. The molecule has 17 heteroatoms. The molecule has 0 unspecified atom stereocenters. The Morgan fingerprint density at radius 2 is 1.02 bits per heavy atom. The Kier molecular flexibility index (Phi) is 12.5. The van der Waals surface area contributed by atoms with Crippen LogP contribution < -0.4 is 0 Å². The van der Waals surface area contributed by atoms with Gasteiger partial charge in [0.2, 0.25) is 0 Å². The first-order chi connectivity index (χ1) is 22.8. The lowest BCUT2D eigenvalue weighted by Gasteiger charge is -2.39. The molecular formula is C32H36O17. The predicted molar refractivity (Wildman–Crippen MR) is 163 cm³/mol. The van der Waals surface area contributed by atoms with E-state index in [1.807, 2.05) is 0 Å². The van der Waals surface area contributed by atoms with E-state index >= 15 is 0 Å². The van der Waals surface area contributed by atoms with Gasteiger partial charge in [-0.25, -0.2) is 19.2 Å². The highest BCUT2D eigenvalue weighted by Gasteiger charge is 2.51. The van der Waals surface area contributed by atoms with E-state index in [0.29, 0.717) is 11.1 Å². The molecule has 8 atom stereocenters. The number of phenols is 3. The van der Waals surface area contributed by atoms with Gasteiger partial charge in [0.25, 0.3) is 0 Å². The van der Waals surface area contributed by atoms with E-state index in [4.69, 9.17) is 24.8 Å². The lowest BCUT2D eigenvalue weighted by atomic mass is 9.79. The van der Waals surface area contributed by atoms with Crippen molar-refractivity contribution in [3.05, 3.63) is 65.7 Å². The number of carboxylic acids is 2. The number of benzene rings is 2. The molecule has 0 aromatic heterocycles. The molecule has 0 radical (unpaired) electrons. The summed E-state index contributed by atoms with van der Waals surface area (Å²) >= 11 is 0. The second-order valence-corrected chi connectivity index (χ2v) is 11.6. The number of aliphatic carboxylic acids is 2. The fourth-order valence-electron chi connectivity index (χ4n) is 5.01. The Morgan fingerprint density at radius 1 is 0.612 bits per heavy atom. The second kappa shape index (κ2) is 15.9. The second-order valence-electron chi connectivity index (χ2n) is 11.6. The summed E-state index contributed by atoms with van der Waals surface area (Å²) in [7, 11) is 0. The van der Waals surface area contributed by atoms with Gasteiger partial charge in [-0.05, 0) is 47.5 Å². The van der Waals surface area contributed by atoms with E-state index in [1.165, 1.54) is 42.5 Å². The maximum atomic E-state index is 11.8. The monoisotopic (exact) mass is 692 g/mol. The Bertz CT molecular complexity index is 1570. The van der Waals surface area contributed by atoms with E-state index in [1.54, 1.807) is 12.1 Å². The van der Waals surface area contributed by atoms with Crippen LogP contribution in [0.4, 0.5) is 0 Å². The number of hydrogen-bond donors (Lipinski definition) is 11. The Balaban J connectivity index is 0.000000266. The van der Waals surface area contributed by atoms with Crippen LogP contribution in [0.25, 0.3) is 12.2 Å². The van der Waals surface area contributed by atoms with Crippen molar-refractivity contribution in [2.75, 3.05) is 0 Å². The molecule has 0 spiro atoms. The summed E-state index contributed by atoms with van der Waals surface area (Å²) in [5.41, 5.74) is -3.60. The van der Waals surface area contributed by atoms with E-state index in [2.05, 4.69) is 0 Å². The van der Waals surface area contributed by atoms with Crippen LogP contribution in [-0.2, 0) is 28.7 Å². The Hall–Kier alpha value is -5.04. The molecule has 2 fully saturated rings. The molecule has 49 heavy (non-hydrogen) atoms. The van der Waals surface area contributed by atoms with Crippen molar-refractivity contribution in [2.45, 2.75) is 73.5 Å². The number of esters is 2. The van der Waals surface area contributed by atoms with E-state index < -0.39 is 97.4 Å². The zero-order chi connectivity index (χ0) is 36.7. The smallest absolute Gasteiger partial charge is 0.335 e. The molecular weight excluding hydrogens is 656 g/mol. The van der Waals surface area contributed by atoms with Crippen LogP contribution in [0.1, 0.15) is 36.8 Å². The molecule has 0 aliphatic heterocycles. The van der Waals surface area contributed by atoms with Crippen LogP contribution >= 0.6 is 0 Å². The van der Waals surface area contributed by atoms with Crippen molar-refractivity contribution in [1.29, 1.82) is 0 Å². The van der Waals surface area contributed by atoms with Crippen LogP contribution in [0.2, 0.25) is 0 Å². The van der Waals surface area contributed by atoms with Gasteiger partial charge in [-0.3, -0.25) is 0 Å². The molecule has 2 aliphatic carbocycles. The molecule has 0 amide bonds. The minimum Gasteiger partial charge on any atom is -0.508 e. The van der Waals surface area contributed by atoms with E-state index in [9.17, 15) is 60.0 Å². The number of aromatic hydroxyl groups is 3. The molecule has 2 aromatic rings. The zero-order valence-electron chi connectivity index (χ0n) is 25.5. The standard InChI is InChI=1S/C16H18O9.C16H18O8/c17-9-3-1-8(5-10(9)18)2-4-13(20)25-12-7-16(24,15(22)23)6-11(19)14(12)21;17-10-4-1-9(2-5-10)3-6-13(19)24-12-8-16(23,15(21)22)7-11(18)14(12)20/h1-5,11-12,14,17-19,21,24H,6-7H2,(H,22,23);1-6,11-12,14,17-18,20,23H,7-8H2,(H,21,22)/b4-2+;6-3+/t2*11-,12-,14-,16+/m11/s1. The predicted octanol–water partition coefficient (Wildman–Crippen LogP) is -0.997. The third-order valence-corrected chi connectivity index (χ3v) is 7.77. The van der Waals surface area contributed by atoms with Crippen LogP contribution in [0, 0.1) is 0 Å². The summed E-state index contributed by atoms with van der Waals surface area (Å²) in [6.07, 6.45) is -6.44. The van der Waals surface area contributed by atoms with Gasteiger partial charge in [-0.2, -0.15) is 0 Å². The van der Waals surface area contributed by atoms with Crippen LogP contribution in [0.3, 0.4) is 0 Å². The molecule has 11 N–H and O–H groups in total. The van der Waals surface area contributed by atoms with Crippen molar-refractivity contribution in [1.82, 2.24) is 0 Å². The highest BCUT2D eigenvalue weighted by Crippen LogP contribution is 2.33. The normalized spacial score (nSPS) is 29.8. The average Bonchev–Trinajstić information content (AvgIpc) is 3.02. The van der Waals surface area contributed by atoms with Gasteiger partial charge in [0.15, 0.2) is 22.7 Å². The molecule has 4 rings (SSSR count). The van der Waals surface area contributed by atoms with Crippen molar-refractivity contribution in [3.63, 3.8) is 0 Å². The number of carboxylic acid groups (broad SMARTS) is 2. The first-order valence-corrected chi connectivity index (χ1v) is 14.6. The number of phenolic OH excluding ortho intramolecular Hbond substituents is 3. The van der Waals surface area contributed by atoms with Crippen molar-refractivity contribution in [2.24, 2.45) is 0 Å². The number of ether oxygens (including phenoxy) is 2. The third-order valence-electron chi connectivity index (χ3n) is 7.77. The minimum atomic E-state index is -2.31. The summed E-state index contributed by atoms with van der Waals surface area (Å²) < 4.78 is 9.88. The average molecular weight is 693 g/mol. The molecule has 17 nitrogen and oxygen atoms in total. The summed E-state index contributed by atoms with van der Waals surface area (Å²) in [5.74, 6) is -5.60. The van der Waals surface area contributed by atoms with Gasteiger partial charge in [0.05, 0.1) is 12.2 Å². The van der Waals surface area contributed by atoms with Gasteiger partial charge >= 0.3 is 23.9 Å². The highest BCUT2D eigenvalue weighted by atomic mass is 16.6. The van der Waals surface area contributed by atoms with Crippen LogP contribution in [0.5, 0.6) is 17.2 Å². The fraction of sp³-hybridized carbons (Fsp3) is 0.375. The summed E-state index contributed by atoms with van der Waals surface area (Å²) in [6.45, 7) is 0. The summed E-state index contributed by atoms with van der Waals surface area (Å²) in [5, 5.41) is 105. The maximum Gasteiger partial charge on any atom is 0.335 e. The van der Waals surface area contributed by atoms with E-state index in [0.717, 1.165) is 12.2 Å². The first kappa shape index (κ1) is 38.4. The number of rotatable bonds is 8. The molecule has 266 valence electrons. The first-order valence-electron chi connectivity index (χ1n) is 14.6. The van der Waals surface area contributed by atoms with Crippen LogP contribution in [0.15, 0.2) is 54.6 Å². The SMILES string of the molecule is O=C(/C=C/c1ccc(O)c(O)c1)O[C@@H]1C[C@](O)(C(=O)O)C[C@@H](O)[C@H]1O.O=C(/C=C/c1ccc(O)cc1)O[C@@H]1C[C@](O)(C(=O)O)C[C@@H](O)[C@H]1O. The van der Waals surface area contributed by atoms with Crippen molar-refractivity contribution < 1.29 is 84.8 Å². The van der Waals surface area contributed by atoms with E-state index in [-0.39, 0.29) is 17.2 Å². The van der Waals surface area contributed by atoms with Gasteiger partial charge in [0.1, 0.15) is 30.2 Å². The topological polar surface area (TPSA) is 309 Å². The van der Waals surface area contributed by atoms with Gasteiger partial charge in [-0.15, -0.1) is 0 Å². The summed E-state index contributed by atoms with van der Waals surface area (Å²) in [6, 6.07) is 9.80. The Labute approximate surface area is 277 Å². The molecule has 0 heterocycles. The largest absolute Gasteiger partial charge is 0.508 e. The van der Waals surface area contributed by atoms with Gasteiger partial charge in [-0.1, -0.05) is 18.2 Å². The number of carbonyl (C=O) groups excluding carboxylic acids is 2.